The van der Waals surface area contributed by atoms with Crippen LogP contribution in [0.2, 0.25) is 0 Å². The van der Waals surface area contributed by atoms with Gasteiger partial charge >= 0.3 is 0 Å². The van der Waals surface area contributed by atoms with Gasteiger partial charge in [0, 0.05) is 0 Å². The second-order valence-electron chi connectivity index (χ2n) is 11.6. The van der Waals surface area contributed by atoms with Gasteiger partial charge in [-0.3, -0.25) is 0 Å². The summed E-state index contributed by atoms with van der Waals surface area (Å²) in [5, 5.41) is 0. The fraction of sp³-hybridized carbons (Fsp3) is 0.231. The normalized spacial score (nSPS) is 11.1. The van der Waals surface area contributed by atoms with E-state index in [9.17, 15) is 0 Å². The zero-order valence-corrected chi connectivity index (χ0v) is 25.7. The van der Waals surface area contributed by atoms with Crippen LogP contribution < -0.4 is 16.4 Å². The van der Waals surface area contributed by atoms with Gasteiger partial charge in [0.05, 0.1) is 0 Å². The highest BCUT2D eigenvalue weighted by Gasteiger charge is 2.32. The summed E-state index contributed by atoms with van der Waals surface area (Å²) in [4.78, 5) is 0. The third kappa shape index (κ3) is 4.62. The summed E-state index contributed by atoms with van der Waals surface area (Å²) in [7, 11) is 0. The van der Waals surface area contributed by atoms with E-state index in [1.54, 1.807) is 0 Å². The average molecular weight is 521 g/mol. The number of benzene rings is 5. The summed E-state index contributed by atoms with van der Waals surface area (Å²) in [6.07, 6.45) is 0. The topological polar surface area (TPSA) is 0 Å². The Labute approximate surface area is 242 Å². The van der Waals surface area contributed by atoms with Crippen molar-refractivity contribution in [2.24, 2.45) is 0 Å². The van der Waals surface area contributed by atoms with E-state index >= 15 is 0 Å². The molecule has 0 N–H and O–H groups in total. The fourth-order valence-corrected chi connectivity index (χ4v) is 6.75. The lowest BCUT2D eigenvalue weighted by Gasteiger charge is -2.29. The maximum atomic E-state index is 2.37. The molecule has 5 aromatic carbocycles. The van der Waals surface area contributed by atoms with Gasteiger partial charge in [0.2, 0.25) is 6.71 Å². The van der Waals surface area contributed by atoms with Crippen LogP contribution in [0.4, 0.5) is 0 Å². The van der Waals surface area contributed by atoms with Crippen molar-refractivity contribution in [1.29, 1.82) is 0 Å². The molecule has 1 heteroatoms. The van der Waals surface area contributed by atoms with E-state index in [4.69, 9.17) is 0 Å². The lowest BCUT2D eigenvalue weighted by molar-refractivity contribution is 1.19. The Kier molecular flexibility index (Phi) is 7.60. The molecule has 0 atom stereocenters. The molecule has 0 radical (unpaired) electrons. The van der Waals surface area contributed by atoms with E-state index in [0.29, 0.717) is 0 Å². The van der Waals surface area contributed by atoms with Gasteiger partial charge < -0.3 is 0 Å². The first-order valence-electron chi connectivity index (χ1n) is 14.5. The molecule has 0 spiro atoms. The summed E-state index contributed by atoms with van der Waals surface area (Å²) < 4.78 is 0. The smallest absolute Gasteiger partial charge is 0.0686 e. The molecule has 200 valence electrons. The predicted octanol–water partition coefficient (Wildman–Crippen LogP) is 8.31. The van der Waals surface area contributed by atoms with Gasteiger partial charge in [-0.1, -0.05) is 124 Å². The first-order chi connectivity index (χ1) is 19.1. The van der Waals surface area contributed by atoms with Gasteiger partial charge in [-0.05, 0) is 112 Å². The second kappa shape index (κ2) is 11.0. The van der Waals surface area contributed by atoms with E-state index in [-0.39, 0.29) is 6.71 Å². The van der Waals surface area contributed by atoms with Gasteiger partial charge in [0.15, 0.2) is 0 Å². The van der Waals surface area contributed by atoms with E-state index in [1.807, 2.05) is 0 Å². The Bertz CT molecular complexity index is 1630. The summed E-state index contributed by atoms with van der Waals surface area (Å²) in [6.45, 7) is 21.0. The first-order valence-corrected chi connectivity index (χ1v) is 14.5. The van der Waals surface area contributed by atoms with Crippen LogP contribution in [-0.2, 0) is 0 Å². The molecule has 0 aliphatic heterocycles. The number of hydrogen-bond acceptors (Lipinski definition) is 0. The molecule has 0 saturated carbocycles. The highest BCUT2D eigenvalue weighted by atomic mass is 14.2. The van der Waals surface area contributed by atoms with Crippen LogP contribution in [0.25, 0.3) is 22.3 Å². The molecule has 0 heterocycles. The van der Waals surface area contributed by atoms with Crippen LogP contribution in [0.1, 0.15) is 50.1 Å². The monoisotopic (exact) mass is 520 g/mol. The highest BCUT2D eigenvalue weighted by molar-refractivity contribution is 6.96. The second-order valence-corrected chi connectivity index (χ2v) is 11.6. The van der Waals surface area contributed by atoms with Gasteiger partial charge in [-0.15, -0.1) is 0 Å². The summed E-state index contributed by atoms with van der Waals surface area (Å²) in [5.74, 6) is 0. The minimum absolute atomic E-state index is 0.157. The van der Waals surface area contributed by atoms with Crippen molar-refractivity contribution in [3.05, 3.63) is 135 Å². The Morgan fingerprint density at radius 1 is 0.325 bits per heavy atom. The third-order valence-electron chi connectivity index (χ3n) is 9.73. The van der Waals surface area contributed by atoms with Crippen molar-refractivity contribution < 1.29 is 0 Å². The van der Waals surface area contributed by atoms with Crippen LogP contribution in [0, 0.1) is 62.3 Å². The maximum absolute atomic E-state index is 2.37. The average Bonchev–Trinajstić information content (AvgIpc) is 2.98. The zero-order chi connectivity index (χ0) is 28.7. The zero-order valence-electron chi connectivity index (χ0n) is 25.7. The van der Waals surface area contributed by atoms with Gasteiger partial charge in [-0.25, -0.2) is 0 Å². The number of rotatable bonds is 5. The van der Waals surface area contributed by atoms with Gasteiger partial charge in [0.25, 0.3) is 0 Å². The van der Waals surface area contributed by atoms with Crippen LogP contribution in [-0.4, -0.2) is 6.71 Å². The molecule has 0 saturated heterocycles. The lowest BCUT2D eigenvalue weighted by atomic mass is 9.33. The predicted molar refractivity (Wildman–Crippen MR) is 177 cm³/mol. The Morgan fingerprint density at radius 3 is 1.12 bits per heavy atom. The molecular weight excluding hydrogens is 479 g/mol. The molecule has 5 rings (SSSR count). The molecule has 0 bridgehead atoms. The quantitative estimate of drug-likeness (QED) is 0.205. The maximum Gasteiger partial charge on any atom is 0.242 e. The number of hydrogen-bond donors (Lipinski definition) is 0. The van der Waals surface area contributed by atoms with Gasteiger partial charge in [0.1, 0.15) is 0 Å². The molecule has 0 nitrogen and oxygen atoms in total. The van der Waals surface area contributed by atoms with Crippen molar-refractivity contribution in [1.82, 2.24) is 0 Å². The minimum Gasteiger partial charge on any atom is -0.0686 e. The third-order valence-corrected chi connectivity index (χ3v) is 9.73. The Balaban J connectivity index is 1.81. The standard InChI is InChI=1S/C39H41B/c1-24-25(2)29(6)38(30(7)26(24)3)40(36-22-20-34(21-23-36)33-16-12-10-13-17-33)39-31(8)27(4)37(28(5)32(39)9)35-18-14-11-15-19-35/h10-23H,1-9H3. The molecule has 0 aliphatic rings. The molecule has 5 aromatic rings. The van der Waals surface area contributed by atoms with Gasteiger partial charge in [-0.2, -0.15) is 0 Å². The molecule has 0 unspecified atom stereocenters. The van der Waals surface area contributed by atoms with Crippen LogP contribution >= 0.6 is 0 Å². The summed E-state index contributed by atoms with van der Waals surface area (Å²) in [6, 6.07) is 30.9. The SMILES string of the molecule is Cc1c(C)c(C)c(B(c2ccc(-c3ccccc3)cc2)c2c(C)c(C)c(-c3ccccc3)c(C)c2C)c(C)c1C. The van der Waals surface area contributed by atoms with Crippen LogP contribution in [0.3, 0.4) is 0 Å². The molecule has 0 aromatic heterocycles. The van der Waals surface area contributed by atoms with E-state index < -0.39 is 0 Å². The fourth-order valence-electron chi connectivity index (χ4n) is 6.75. The van der Waals surface area contributed by atoms with Crippen molar-refractivity contribution in [3.8, 4) is 22.3 Å². The highest BCUT2D eigenvalue weighted by Crippen LogP contribution is 2.31. The summed E-state index contributed by atoms with van der Waals surface area (Å²) >= 11 is 0. The van der Waals surface area contributed by atoms with Crippen molar-refractivity contribution in [2.75, 3.05) is 0 Å². The molecule has 0 amide bonds. The van der Waals surface area contributed by atoms with E-state index in [2.05, 4.69) is 147 Å². The summed E-state index contributed by atoms with van der Waals surface area (Å²) in [5.41, 5.74) is 22.1. The van der Waals surface area contributed by atoms with Crippen LogP contribution in [0.5, 0.6) is 0 Å². The molecule has 0 aliphatic carbocycles. The molecular formula is C39H41B. The molecule has 0 fully saturated rings. The lowest BCUT2D eigenvalue weighted by Crippen LogP contribution is -2.56. The molecule has 40 heavy (non-hydrogen) atoms. The van der Waals surface area contributed by atoms with Crippen molar-refractivity contribution in [2.45, 2.75) is 62.3 Å². The van der Waals surface area contributed by atoms with E-state index in [1.165, 1.54) is 88.7 Å². The minimum atomic E-state index is 0.157. The largest absolute Gasteiger partial charge is 0.242 e. The van der Waals surface area contributed by atoms with Crippen molar-refractivity contribution in [3.63, 3.8) is 0 Å². The van der Waals surface area contributed by atoms with Crippen molar-refractivity contribution >= 4 is 23.1 Å². The first kappa shape index (κ1) is 27.7. The van der Waals surface area contributed by atoms with Crippen LogP contribution in [0.15, 0.2) is 84.9 Å². The Morgan fingerprint density at radius 2 is 0.675 bits per heavy atom. The Hall–Kier alpha value is -3.84. The van der Waals surface area contributed by atoms with E-state index in [0.717, 1.165) is 0 Å².